The average molecular weight is 687 g/mol. The van der Waals surface area contributed by atoms with Gasteiger partial charge in [0.2, 0.25) is 5.89 Å². The third-order valence-corrected chi connectivity index (χ3v) is 11.7. The molecule has 0 atom stereocenters. The van der Waals surface area contributed by atoms with Crippen LogP contribution >= 0.6 is 0 Å². The molecule has 3 nitrogen and oxygen atoms in total. The lowest BCUT2D eigenvalue weighted by molar-refractivity contribution is 0.623. The third-order valence-electron chi connectivity index (χ3n) is 11.7. The van der Waals surface area contributed by atoms with Crippen LogP contribution in [-0.2, 0) is 5.41 Å². The minimum atomic E-state index is -0.390. The zero-order valence-corrected chi connectivity index (χ0v) is 29.1. The Morgan fingerprint density at radius 2 is 0.944 bits per heavy atom. The smallest absolute Gasteiger partial charge is 0.227 e. The van der Waals surface area contributed by atoms with Crippen LogP contribution in [0, 0.1) is 0 Å². The van der Waals surface area contributed by atoms with E-state index in [2.05, 4.69) is 152 Å². The van der Waals surface area contributed by atoms with Crippen LogP contribution in [0.25, 0.3) is 88.9 Å². The second-order valence-corrected chi connectivity index (χ2v) is 14.5. The Morgan fingerprint density at radius 1 is 0.389 bits per heavy atom. The first kappa shape index (κ1) is 29.5. The number of aromatic nitrogens is 2. The van der Waals surface area contributed by atoms with Gasteiger partial charge in [0.15, 0.2) is 5.58 Å². The van der Waals surface area contributed by atoms with Crippen LogP contribution < -0.4 is 0 Å². The molecule has 0 fully saturated rings. The van der Waals surface area contributed by atoms with Crippen LogP contribution in [0.1, 0.15) is 22.3 Å². The zero-order chi connectivity index (χ0) is 35.4. The summed E-state index contributed by atoms with van der Waals surface area (Å²) < 4.78 is 6.51. The Bertz CT molecular complexity index is 3110. The first-order valence-electron chi connectivity index (χ1n) is 18.5. The maximum absolute atomic E-state index is 6.51. The van der Waals surface area contributed by atoms with Crippen molar-refractivity contribution < 1.29 is 4.42 Å². The summed E-state index contributed by atoms with van der Waals surface area (Å²) in [6.45, 7) is 0. The van der Waals surface area contributed by atoms with E-state index in [1.54, 1.807) is 0 Å². The summed E-state index contributed by atoms with van der Waals surface area (Å²) in [4.78, 5) is 10.2. The topological polar surface area (TPSA) is 38.9 Å². The van der Waals surface area contributed by atoms with E-state index in [0.717, 1.165) is 60.7 Å². The minimum Gasteiger partial charge on any atom is -0.435 e. The molecule has 10 aromatic rings. The van der Waals surface area contributed by atoms with Crippen LogP contribution in [0.3, 0.4) is 0 Å². The molecule has 0 aliphatic heterocycles. The summed E-state index contributed by atoms with van der Waals surface area (Å²) in [5.74, 6) is 0.629. The van der Waals surface area contributed by atoms with Gasteiger partial charge in [-0.25, -0.2) is 9.97 Å². The number of hydrogen-bond donors (Lipinski definition) is 0. The average Bonchev–Trinajstić information content (AvgIpc) is 3.91. The van der Waals surface area contributed by atoms with Crippen molar-refractivity contribution in [1.82, 2.24) is 9.97 Å². The molecule has 0 amide bonds. The lowest BCUT2D eigenvalue weighted by Crippen LogP contribution is -2.25. The predicted octanol–water partition coefficient (Wildman–Crippen LogP) is 12.9. The van der Waals surface area contributed by atoms with Crippen molar-refractivity contribution >= 4 is 32.6 Å². The maximum Gasteiger partial charge on any atom is 0.227 e. The molecule has 1 spiro atoms. The van der Waals surface area contributed by atoms with Gasteiger partial charge < -0.3 is 4.42 Å². The predicted molar refractivity (Wildman–Crippen MR) is 219 cm³/mol. The Kier molecular flexibility index (Phi) is 5.98. The molecule has 2 aliphatic rings. The van der Waals surface area contributed by atoms with Crippen molar-refractivity contribution in [2.75, 3.05) is 0 Å². The lowest BCUT2D eigenvalue weighted by Gasteiger charge is -2.30. The molecule has 0 radical (unpaired) electrons. The summed E-state index contributed by atoms with van der Waals surface area (Å²) >= 11 is 0. The van der Waals surface area contributed by atoms with Gasteiger partial charge in [0.05, 0.1) is 16.8 Å². The molecule has 54 heavy (non-hydrogen) atoms. The number of nitrogens with zero attached hydrogens (tertiary/aromatic N) is 2. The Balaban J connectivity index is 1.02. The van der Waals surface area contributed by atoms with Crippen molar-refractivity contribution in [2.24, 2.45) is 0 Å². The summed E-state index contributed by atoms with van der Waals surface area (Å²) in [6, 6.07) is 65.5. The normalized spacial score (nSPS) is 13.3. The summed E-state index contributed by atoms with van der Waals surface area (Å²) in [5, 5.41) is 4.45. The van der Waals surface area contributed by atoms with E-state index >= 15 is 0 Å². The molecule has 0 N–H and O–H groups in total. The van der Waals surface area contributed by atoms with Gasteiger partial charge in [-0.3, -0.25) is 0 Å². The molecular weight excluding hydrogens is 657 g/mol. The number of fused-ring (bicyclic) bond motifs is 15. The minimum absolute atomic E-state index is 0.390. The molecule has 12 rings (SSSR count). The number of pyridine rings is 1. The highest BCUT2D eigenvalue weighted by molar-refractivity contribution is 6.18. The highest BCUT2D eigenvalue weighted by Gasteiger charge is 2.51. The van der Waals surface area contributed by atoms with E-state index in [1.807, 2.05) is 30.3 Å². The molecule has 3 heteroatoms. The van der Waals surface area contributed by atoms with E-state index in [-0.39, 0.29) is 0 Å². The Labute approximate surface area is 311 Å². The lowest BCUT2D eigenvalue weighted by atomic mass is 9.70. The molecule has 2 aliphatic carbocycles. The van der Waals surface area contributed by atoms with Gasteiger partial charge in [0.25, 0.3) is 0 Å². The number of oxazole rings is 1. The standard InChI is InChI=1S/C51H30N2O/c1-2-11-33(12-3-1)50-53-47-28-26-32-23-21-31-22-24-34(29-40(31)48(32)49(47)54-50)45-19-10-20-46(52-45)35-25-27-39-38-15-6-9-18-43(38)51(44(39)30-35)41-16-7-4-13-36(41)37-14-5-8-17-42(37)51/h1-30H. The third kappa shape index (κ3) is 3.96. The van der Waals surface area contributed by atoms with Crippen LogP contribution in [0.4, 0.5) is 0 Å². The van der Waals surface area contributed by atoms with Crippen molar-refractivity contribution in [2.45, 2.75) is 5.41 Å². The van der Waals surface area contributed by atoms with E-state index in [1.165, 1.54) is 44.5 Å². The maximum atomic E-state index is 6.51. The molecule has 2 heterocycles. The zero-order valence-electron chi connectivity index (χ0n) is 29.1. The summed E-state index contributed by atoms with van der Waals surface area (Å²) in [6.07, 6.45) is 0. The molecule has 0 unspecified atom stereocenters. The Hall–Kier alpha value is -7.10. The van der Waals surface area contributed by atoms with Gasteiger partial charge in [-0.05, 0) is 103 Å². The van der Waals surface area contributed by atoms with Gasteiger partial charge in [0.1, 0.15) is 5.52 Å². The summed E-state index contributed by atoms with van der Waals surface area (Å²) in [5.41, 5.74) is 16.8. The number of rotatable bonds is 3. The summed E-state index contributed by atoms with van der Waals surface area (Å²) in [7, 11) is 0. The second kappa shape index (κ2) is 11.0. The van der Waals surface area contributed by atoms with Crippen molar-refractivity contribution in [3.8, 4) is 56.2 Å². The monoisotopic (exact) mass is 686 g/mol. The van der Waals surface area contributed by atoms with Gasteiger partial charge in [-0.15, -0.1) is 0 Å². The van der Waals surface area contributed by atoms with E-state index in [9.17, 15) is 0 Å². The fourth-order valence-corrected chi connectivity index (χ4v) is 9.40. The number of benzene rings is 8. The fourth-order valence-electron chi connectivity index (χ4n) is 9.40. The van der Waals surface area contributed by atoms with E-state index in [4.69, 9.17) is 14.4 Å². The van der Waals surface area contributed by atoms with E-state index < -0.39 is 5.41 Å². The first-order chi connectivity index (χ1) is 26.8. The molecule has 250 valence electrons. The molecule has 8 aromatic carbocycles. The SMILES string of the molecule is c1ccc(-c2nc3ccc4ccc5ccc(-c6cccc(-c7ccc8c(c7)C7(c9ccccc9-c9ccccc97)c7ccccc7-8)n6)cc5c4c3o2)cc1. The molecule has 0 bridgehead atoms. The van der Waals surface area contributed by atoms with Crippen LogP contribution in [0.2, 0.25) is 0 Å². The molecule has 0 saturated heterocycles. The highest BCUT2D eigenvalue weighted by atomic mass is 16.3. The van der Waals surface area contributed by atoms with Gasteiger partial charge in [0, 0.05) is 22.1 Å². The molecule has 2 aromatic heterocycles. The second-order valence-electron chi connectivity index (χ2n) is 14.5. The fraction of sp³-hybridized carbons (Fsp3) is 0.0196. The highest BCUT2D eigenvalue weighted by Crippen LogP contribution is 2.63. The van der Waals surface area contributed by atoms with Gasteiger partial charge in [-0.2, -0.15) is 0 Å². The van der Waals surface area contributed by atoms with Crippen LogP contribution in [-0.4, -0.2) is 9.97 Å². The van der Waals surface area contributed by atoms with Crippen molar-refractivity contribution in [1.29, 1.82) is 0 Å². The van der Waals surface area contributed by atoms with Crippen molar-refractivity contribution in [3.63, 3.8) is 0 Å². The van der Waals surface area contributed by atoms with E-state index in [0.29, 0.717) is 5.89 Å². The van der Waals surface area contributed by atoms with Crippen LogP contribution in [0.5, 0.6) is 0 Å². The molecule has 0 saturated carbocycles. The van der Waals surface area contributed by atoms with Crippen molar-refractivity contribution in [3.05, 3.63) is 204 Å². The molecular formula is C51H30N2O. The quantitative estimate of drug-likeness (QED) is 0.174. The van der Waals surface area contributed by atoms with Crippen LogP contribution in [0.15, 0.2) is 186 Å². The first-order valence-corrected chi connectivity index (χ1v) is 18.5. The van der Waals surface area contributed by atoms with Gasteiger partial charge >= 0.3 is 0 Å². The Morgan fingerprint density at radius 3 is 1.65 bits per heavy atom. The number of hydrogen-bond acceptors (Lipinski definition) is 3. The van der Waals surface area contributed by atoms with Gasteiger partial charge in [-0.1, -0.05) is 140 Å². The largest absolute Gasteiger partial charge is 0.435 e.